The number of nitrogens with zero attached hydrogens (tertiary/aromatic N) is 3. The maximum absolute atomic E-state index is 12.4. The molecule has 0 bridgehead atoms. The Hall–Kier alpha value is -1.56. The number of hydrogen-bond donors (Lipinski definition) is 2. The molecule has 1 aliphatic rings. The highest BCUT2D eigenvalue weighted by Gasteiger charge is 2.21. The molecule has 1 fully saturated rings. The van der Waals surface area contributed by atoms with Crippen molar-refractivity contribution in [2.24, 2.45) is 0 Å². The molecule has 21 heavy (non-hydrogen) atoms. The quantitative estimate of drug-likeness (QED) is 0.860. The predicted octanol–water partition coefficient (Wildman–Crippen LogP) is 1.40. The predicted molar refractivity (Wildman–Crippen MR) is 84.3 cm³/mol. The smallest absolute Gasteiger partial charge is 0.271 e. The first kappa shape index (κ1) is 15.8. The first-order valence-electron chi connectivity index (χ1n) is 7.89. The van der Waals surface area contributed by atoms with Crippen LogP contribution in [0, 0.1) is 6.92 Å². The van der Waals surface area contributed by atoms with Gasteiger partial charge in [0.25, 0.3) is 5.91 Å². The van der Waals surface area contributed by atoms with Crippen molar-refractivity contribution in [2.75, 3.05) is 25.4 Å². The van der Waals surface area contributed by atoms with Crippen LogP contribution in [0.2, 0.25) is 0 Å². The van der Waals surface area contributed by atoms with E-state index in [4.69, 9.17) is 5.73 Å². The van der Waals surface area contributed by atoms with E-state index in [1.54, 1.807) is 4.68 Å². The minimum atomic E-state index is -0.126. The fourth-order valence-electron chi connectivity index (χ4n) is 2.88. The molecular formula is C15H27N5O. The topological polar surface area (TPSA) is 76.2 Å². The van der Waals surface area contributed by atoms with Crippen LogP contribution in [0.5, 0.6) is 0 Å². The van der Waals surface area contributed by atoms with Gasteiger partial charge in [-0.3, -0.25) is 14.4 Å². The van der Waals surface area contributed by atoms with Gasteiger partial charge in [-0.25, -0.2) is 0 Å². The summed E-state index contributed by atoms with van der Waals surface area (Å²) < 4.78 is 1.67. The molecule has 3 N–H and O–H groups in total. The molecule has 2 heterocycles. The van der Waals surface area contributed by atoms with Crippen LogP contribution in [-0.4, -0.2) is 46.3 Å². The van der Waals surface area contributed by atoms with Crippen LogP contribution >= 0.6 is 0 Å². The monoisotopic (exact) mass is 293 g/mol. The van der Waals surface area contributed by atoms with Crippen LogP contribution in [0.3, 0.4) is 0 Å². The van der Waals surface area contributed by atoms with Gasteiger partial charge in [-0.15, -0.1) is 0 Å². The number of hydrogen-bond acceptors (Lipinski definition) is 4. The number of carbonyl (C=O) groups excluding carboxylic acids is 1. The average Bonchev–Trinajstić information content (AvgIpc) is 2.80. The largest absolute Gasteiger partial charge is 0.395 e. The van der Waals surface area contributed by atoms with Gasteiger partial charge in [0.05, 0.1) is 11.4 Å². The van der Waals surface area contributed by atoms with Crippen molar-refractivity contribution < 1.29 is 4.79 Å². The summed E-state index contributed by atoms with van der Waals surface area (Å²) in [4.78, 5) is 14.8. The molecule has 0 spiro atoms. The van der Waals surface area contributed by atoms with Gasteiger partial charge in [0.2, 0.25) is 0 Å². The Labute approximate surface area is 126 Å². The van der Waals surface area contributed by atoms with Crippen LogP contribution in [0.4, 0.5) is 5.69 Å². The molecule has 1 aliphatic heterocycles. The van der Waals surface area contributed by atoms with Crippen LogP contribution < -0.4 is 11.1 Å². The molecule has 1 atom stereocenters. The van der Waals surface area contributed by atoms with Crippen LogP contribution in [0.1, 0.15) is 49.3 Å². The Morgan fingerprint density at radius 2 is 2.05 bits per heavy atom. The lowest BCUT2D eigenvalue weighted by atomic mass is 10.1. The summed E-state index contributed by atoms with van der Waals surface area (Å²) in [5.74, 6) is -0.126. The van der Waals surface area contributed by atoms with Gasteiger partial charge in [0.1, 0.15) is 5.69 Å². The molecule has 1 saturated heterocycles. The number of rotatable bonds is 5. The van der Waals surface area contributed by atoms with Crippen molar-refractivity contribution in [1.29, 1.82) is 0 Å². The molecule has 6 heteroatoms. The number of nitrogen functional groups attached to an aromatic ring is 1. The number of piperidine rings is 1. The number of aryl methyl sites for hydroxylation is 2. The first-order valence-corrected chi connectivity index (χ1v) is 7.89. The van der Waals surface area contributed by atoms with E-state index >= 15 is 0 Å². The van der Waals surface area contributed by atoms with E-state index < -0.39 is 0 Å². The lowest BCUT2D eigenvalue weighted by Crippen LogP contribution is -2.44. The van der Waals surface area contributed by atoms with Crippen molar-refractivity contribution in [3.05, 3.63) is 11.4 Å². The van der Waals surface area contributed by atoms with Gasteiger partial charge in [-0.1, -0.05) is 6.42 Å². The highest BCUT2D eigenvalue weighted by atomic mass is 16.2. The van der Waals surface area contributed by atoms with Crippen molar-refractivity contribution in [3.63, 3.8) is 0 Å². The van der Waals surface area contributed by atoms with Crippen molar-refractivity contribution in [1.82, 2.24) is 20.0 Å². The summed E-state index contributed by atoms with van der Waals surface area (Å²) in [6.45, 7) is 9.50. The normalized spacial score (nSPS) is 17.7. The second-order valence-electron chi connectivity index (χ2n) is 5.82. The van der Waals surface area contributed by atoms with Gasteiger partial charge in [-0.05, 0) is 46.7 Å². The molecule has 118 valence electrons. The Bertz CT molecular complexity index is 490. The van der Waals surface area contributed by atoms with Crippen LogP contribution in [0.25, 0.3) is 0 Å². The van der Waals surface area contributed by atoms with Crippen molar-refractivity contribution in [3.8, 4) is 0 Å². The molecule has 0 aromatic carbocycles. The number of anilines is 1. The number of nitrogens with two attached hydrogens (primary N) is 1. The standard InChI is InChI=1S/C15H27N5O/c1-4-20-14(13(16)12(3)18-20)15(21)17-10-11(2)19-8-6-5-7-9-19/h11H,4-10,16H2,1-3H3,(H,17,21). The first-order chi connectivity index (χ1) is 10.0. The van der Waals surface area contributed by atoms with E-state index in [1.807, 2.05) is 13.8 Å². The third-order valence-corrected chi connectivity index (χ3v) is 4.26. The molecule has 1 aromatic rings. The minimum Gasteiger partial charge on any atom is -0.395 e. The van der Waals surface area contributed by atoms with E-state index in [1.165, 1.54) is 19.3 Å². The Morgan fingerprint density at radius 1 is 1.38 bits per heavy atom. The average molecular weight is 293 g/mol. The number of likely N-dealkylation sites (tertiary alicyclic amines) is 1. The van der Waals surface area contributed by atoms with E-state index in [9.17, 15) is 4.79 Å². The van der Waals surface area contributed by atoms with E-state index in [0.717, 1.165) is 13.1 Å². The summed E-state index contributed by atoms with van der Waals surface area (Å²) in [7, 11) is 0. The number of nitrogens with one attached hydrogen (secondary N) is 1. The molecule has 0 aliphatic carbocycles. The summed E-state index contributed by atoms with van der Waals surface area (Å²) in [6, 6.07) is 0.356. The molecule has 0 saturated carbocycles. The zero-order valence-corrected chi connectivity index (χ0v) is 13.4. The highest BCUT2D eigenvalue weighted by Crippen LogP contribution is 2.16. The maximum atomic E-state index is 12.4. The maximum Gasteiger partial charge on any atom is 0.271 e. The molecule has 1 amide bonds. The Balaban J connectivity index is 1.95. The van der Waals surface area contributed by atoms with Crippen molar-refractivity contribution in [2.45, 2.75) is 52.6 Å². The second kappa shape index (κ2) is 6.93. The van der Waals surface area contributed by atoms with E-state index in [0.29, 0.717) is 36.2 Å². The van der Waals surface area contributed by atoms with Crippen molar-refractivity contribution >= 4 is 11.6 Å². The van der Waals surface area contributed by atoms with E-state index in [-0.39, 0.29) is 5.91 Å². The van der Waals surface area contributed by atoms with E-state index in [2.05, 4.69) is 22.2 Å². The lowest BCUT2D eigenvalue weighted by molar-refractivity contribution is 0.0920. The fourth-order valence-corrected chi connectivity index (χ4v) is 2.88. The zero-order chi connectivity index (χ0) is 15.4. The molecule has 1 unspecified atom stereocenters. The van der Waals surface area contributed by atoms with Crippen LogP contribution in [0.15, 0.2) is 0 Å². The lowest BCUT2D eigenvalue weighted by Gasteiger charge is -2.32. The summed E-state index contributed by atoms with van der Waals surface area (Å²) in [5, 5.41) is 7.29. The number of amides is 1. The Kier molecular flexibility index (Phi) is 5.22. The molecule has 6 nitrogen and oxygen atoms in total. The van der Waals surface area contributed by atoms with Gasteiger partial charge in [0.15, 0.2) is 0 Å². The summed E-state index contributed by atoms with van der Waals surface area (Å²) in [5.41, 5.74) is 7.66. The highest BCUT2D eigenvalue weighted by molar-refractivity contribution is 5.97. The zero-order valence-electron chi connectivity index (χ0n) is 13.4. The third kappa shape index (κ3) is 3.56. The molecule has 1 aromatic heterocycles. The fraction of sp³-hybridized carbons (Fsp3) is 0.733. The Morgan fingerprint density at radius 3 is 2.67 bits per heavy atom. The SMILES string of the molecule is CCn1nc(C)c(N)c1C(=O)NCC(C)N1CCCCC1. The van der Waals surface area contributed by atoms with Gasteiger partial charge < -0.3 is 11.1 Å². The number of aromatic nitrogens is 2. The second-order valence-corrected chi connectivity index (χ2v) is 5.82. The van der Waals surface area contributed by atoms with Gasteiger partial charge >= 0.3 is 0 Å². The summed E-state index contributed by atoms with van der Waals surface area (Å²) in [6.07, 6.45) is 3.83. The molecular weight excluding hydrogens is 266 g/mol. The van der Waals surface area contributed by atoms with Gasteiger partial charge in [-0.2, -0.15) is 5.10 Å². The number of carbonyl (C=O) groups is 1. The summed E-state index contributed by atoms with van der Waals surface area (Å²) >= 11 is 0. The third-order valence-electron chi connectivity index (χ3n) is 4.26. The minimum absolute atomic E-state index is 0.126. The molecule has 2 rings (SSSR count). The van der Waals surface area contributed by atoms with Gasteiger partial charge in [0, 0.05) is 19.1 Å². The molecule has 0 radical (unpaired) electrons. The van der Waals surface area contributed by atoms with Crippen LogP contribution in [-0.2, 0) is 6.54 Å².